The molecule has 2 aromatic heterocycles. The van der Waals surface area contributed by atoms with Crippen molar-refractivity contribution in [1.29, 1.82) is 5.26 Å². The number of rotatable bonds is 12. The van der Waals surface area contributed by atoms with Crippen LogP contribution in [0.15, 0.2) is 35.9 Å². The molecule has 0 bridgehead atoms. The van der Waals surface area contributed by atoms with Gasteiger partial charge in [0.05, 0.1) is 24.9 Å². The van der Waals surface area contributed by atoms with Gasteiger partial charge in [-0.05, 0) is 33.3 Å². The molecule has 0 fully saturated rings. The van der Waals surface area contributed by atoms with Crippen molar-refractivity contribution >= 4 is 11.4 Å². The van der Waals surface area contributed by atoms with E-state index < -0.39 is 0 Å². The highest BCUT2D eigenvalue weighted by atomic mass is 16.5. The Labute approximate surface area is 184 Å². The summed E-state index contributed by atoms with van der Waals surface area (Å²) in [6, 6.07) is 2.09. The number of hydrogen-bond donors (Lipinski definition) is 1. The van der Waals surface area contributed by atoms with Crippen LogP contribution in [0.25, 0.3) is 5.65 Å². The molecule has 0 aliphatic carbocycles. The van der Waals surface area contributed by atoms with E-state index in [1.807, 2.05) is 31.9 Å². The predicted molar refractivity (Wildman–Crippen MR) is 121 cm³/mol. The predicted octanol–water partition coefficient (Wildman–Crippen LogP) is 2.77. The summed E-state index contributed by atoms with van der Waals surface area (Å²) < 4.78 is 7.36. The van der Waals surface area contributed by atoms with Crippen molar-refractivity contribution in [1.82, 2.24) is 24.5 Å². The summed E-state index contributed by atoms with van der Waals surface area (Å²) in [7, 11) is 0. The van der Waals surface area contributed by atoms with Crippen molar-refractivity contribution < 1.29 is 4.74 Å². The number of allylic oxidation sites excluding steroid dienone is 2. The maximum atomic E-state index is 9.11. The number of ether oxygens (including phenoxy) is 1. The van der Waals surface area contributed by atoms with Crippen molar-refractivity contribution in [2.75, 3.05) is 13.1 Å². The minimum absolute atomic E-state index is 0.115. The number of aliphatic imine (C=N–C) groups is 1. The summed E-state index contributed by atoms with van der Waals surface area (Å²) in [6.45, 7) is 9.97. The number of nitriles is 1. The molecule has 2 heterocycles. The van der Waals surface area contributed by atoms with Crippen LogP contribution in [-0.4, -0.2) is 49.4 Å². The SMILES string of the molecule is C/C=C\C(C#N)=NCCN(/C=C\N)Cc1ncn2nc(COC(C)C)nc2c1CCC. The minimum Gasteiger partial charge on any atom is -0.403 e. The maximum Gasteiger partial charge on any atom is 0.177 e. The third-order valence-electron chi connectivity index (χ3n) is 4.42. The molecule has 166 valence electrons. The lowest BCUT2D eigenvalue weighted by molar-refractivity contribution is 0.0614. The molecule has 9 nitrogen and oxygen atoms in total. The lowest BCUT2D eigenvalue weighted by Crippen LogP contribution is -2.23. The molecule has 0 saturated heterocycles. The molecule has 0 saturated carbocycles. The van der Waals surface area contributed by atoms with Gasteiger partial charge in [0.15, 0.2) is 11.5 Å². The van der Waals surface area contributed by atoms with E-state index in [0.717, 1.165) is 29.7 Å². The van der Waals surface area contributed by atoms with Gasteiger partial charge in [0.2, 0.25) is 0 Å². The number of nitrogens with two attached hydrogens (primary N) is 1. The second-order valence-electron chi connectivity index (χ2n) is 7.27. The van der Waals surface area contributed by atoms with Gasteiger partial charge in [-0.2, -0.15) is 5.26 Å². The molecule has 0 aromatic carbocycles. The van der Waals surface area contributed by atoms with Crippen LogP contribution in [0.4, 0.5) is 0 Å². The summed E-state index contributed by atoms with van der Waals surface area (Å²) in [5.41, 5.74) is 8.86. The highest BCUT2D eigenvalue weighted by Gasteiger charge is 2.15. The van der Waals surface area contributed by atoms with E-state index in [1.165, 1.54) is 6.20 Å². The quantitative estimate of drug-likeness (QED) is 0.520. The van der Waals surface area contributed by atoms with Gasteiger partial charge in [-0.3, -0.25) is 4.99 Å². The van der Waals surface area contributed by atoms with Gasteiger partial charge in [-0.1, -0.05) is 19.4 Å². The molecule has 0 amide bonds. The topological polar surface area (TPSA) is 118 Å². The molecule has 0 radical (unpaired) electrons. The Morgan fingerprint density at radius 2 is 2.26 bits per heavy atom. The molecule has 0 aliphatic rings. The van der Waals surface area contributed by atoms with Gasteiger partial charge in [0.25, 0.3) is 0 Å². The molecule has 9 heteroatoms. The van der Waals surface area contributed by atoms with Crippen molar-refractivity contribution in [2.45, 2.75) is 59.8 Å². The second-order valence-corrected chi connectivity index (χ2v) is 7.27. The monoisotopic (exact) mass is 424 g/mol. The lowest BCUT2D eigenvalue weighted by atomic mass is 10.1. The lowest BCUT2D eigenvalue weighted by Gasteiger charge is -2.20. The first-order valence-electron chi connectivity index (χ1n) is 10.6. The van der Waals surface area contributed by atoms with Gasteiger partial charge < -0.3 is 15.4 Å². The Bertz CT molecular complexity index is 968. The van der Waals surface area contributed by atoms with Gasteiger partial charge in [-0.15, -0.1) is 5.10 Å². The van der Waals surface area contributed by atoms with Crippen LogP contribution in [0.3, 0.4) is 0 Å². The largest absolute Gasteiger partial charge is 0.403 e. The highest BCUT2D eigenvalue weighted by Crippen LogP contribution is 2.17. The summed E-state index contributed by atoms with van der Waals surface area (Å²) in [5.74, 6) is 0.645. The zero-order chi connectivity index (χ0) is 22.6. The Morgan fingerprint density at radius 1 is 1.45 bits per heavy atom. The van der Waals surface area contributed by atoms with Crippen LogP contribution < -0.4 is 5.73 Å². The first-order chi connectivity index (χ1) is 15.0. The Kier molecular flexibility index (Phi) is 9.65. The third-order valence-corrected chi connectivity index (χ3v) is 4.42. The van der Waals surface area contributed by atoms with Crippen LogP contribution in [-0.2, 0) is 24.3 Å². The van der Waals surface area contributed by atoms with Crippen LogP contribution in [0.2, 0.25) is 0 Å². The Balaban J connectivity index is 2.25. The van der Waals surface area contributed by atoms with Gasteiger partial charge in [-0.25, -0.2) is 14.5 Å². The fraction of sp³-hybridized carbons (Fsp3) is 0.500. The average Bonchev–Trinajstić information content (AvgIpc) is 3.17. The first kappa shape index (κ1) is 24.0. The van der Waals surface area contributed by atoms with E-state index in [-0.39, 0.29) is 6.10 Å². The Morgan fingerprint density at radius 3 is 2.90 bits per heavy atom. The summed E-state index contributed by atoms with van der Waals surface area (Å²) in [5, 5.41) is 13.6. The van der Waals surface area contributed by atoms with Crippen LogP contribution in [0, 0.1) is 11.3 Å². The van der Waals surface area contributed by atoms with E-state index in [1.54, 1.807) is 23.0 Å². The maximum absolute atomic E-state index is 9.11. The zero-order valence-electron chi connectivity index (χ0n) is 18.8. The van der Waals surface area contributed by atoms with E-state index in [4.69, 9.17) is 20.7 Å². The van der Waals surface area contributed by atoms with Crippen LogP contribution in [0.5, 0.6) is 0 Å². The van der Waals surface area contributed by atoms with Crippen molar-refractivity contribution in [2.24, 2.45) is 10.7 Å². The summed E-state index contributed by atoms with van der Waals surface area (Å²) in [4.78, 5) is 15.7. The summed E-state index contributed by atoms with van der Waals surface area (Å²) in [6.07, 6.45) is 10.4. The van der Waals surface area contributed by atoms with Gasteiger partial charge >= 0.3 is 0 Å². The van der Waals surface area contributed by atoms with Gasteiger partial charge in [0, 0.05) is 24.5 Å². The number of nitrogens with zero attached hydrogens (tertiary/aromatic N) is 7. The zero-order valence-corrected chi connectivity index (χ0v) is 18.8. The van der Waals surface area contributed by atoms with Crippen molar-refractivity contribution in [3.63, 3.8) is 0 Å². The molecule has 31 heavy (non-hydrogen) atoms. The Hall–Kier alpha value is -3.25. The number of hydrogen-bond acceptors (Lipinski definition) is 8. The molecular weight excluding hydrogens is 392 g/mol. The molecule has 0 spiro atoms. The standard InChI is InChI=1S/C22H32N8O/c1-5-7-18(13-24)25-10-12-29(11-9-23)14-20-19(8-6-2)22-27-21(15-31-17(3)4)28-30(22)16-26-20/h5,7,9,11,16-17H,6,8,10,12,14-15,23H2,1-4H3/b7-5-,11-9-,25-18?. The number of aromatic nitrogens is 4. The van der Waals surface area contributed by atoms with Crippen LogP contribution >= 0.6 is 0 Å². The molecule has 2 rings (SSSR count). The molecule has 0 unspecified atom stereocenters. The fourth-order valence-corrected chi connectivity index (χ4v) is 3.03. The first-order valence-corrected chi connectivity index (χ1v) is 10.6. The molecular formula is C22H32N8O. The second kappa shape index (κ2) is 12.4. The molecule has 0 atom stereocenters. The molecule has 2 aromatic rings. The third kappa shape index (κ3) is 7.19. The number of fused-ring (bicyclic) bond motifs is 1. The van der Waals surface area contributed by atoms with E-state index in [0.29, 0.717) is 37.8 Å². The minimum atomic E-state index is 0.115. The van der Waals surface area contributed by atoms with Crippen molar-refractivity contribution in [3.8, 4) is 6.07 Å². The molecule has 0 aliphatic heterocycles. The van der Waals surface area contributed by atoms with Crippen LogP contribution in [0.1, 0.15) is 51.2 Å². The normalized spacial score (nSPS) is 12.5. The average molecular weight is 425 g/mol. The van der Waals surface area contributed by atoms with Gasteiger partial charge in [0.1, 0.15) is 24.7 Å². The highest BCUT2D eigenvalue weighted by molar-refractivity contribution is 6.07. The number of aryl methyl sites for hydroxylation is 1. The van der Waals surface area contributed by atoms with E-state index >= 15 is 0 Å². The molecule has 2 N–H and O–H groups in total. The van der Waals surface area contributed by atoms with E-state index in [2.05, 4.69) is 28.1 Å². The fourth-order valence-electron chi connectivity index (χ4n) is 3.03. The van der Waals surface area contributed by atoms with E-state index in [9.17, 15) is 0 Å². The summed E-state index contributed by atoms with van der Waals surface area (Å²) >= 11 is 0. The smallest absolute Gasteiger partial charge is 0.177 e. The van der Waals surface area contributed by atoms with Crippen molar-refractivity contribution in [3.05, 3.63) is 48.0 Å².